The molecule has 1 amide bonds. The van der Waals surface area contributed by atoms with Gasteiger partial charge in [0.25, 0.3) is 0 Å². The molecule has 1 heterocycles. The van der Waals surface area contributed by atoms with Crippen LogP contribution in [0.15, 0.2) is 17.5 Å². The van der Waals surface area contributed by atoms with Crippen LogP contribution < -0.4 is 5.32 Å². The molecule has 0 bridgehead atoms. The van der Waals surface area contributed by atoms with Gasteiger partial charge in [0.05, 0.1) is 12.3 Å². The van der Waals surface area contributed by atoms with Gasteiger partial charge in [-0.15, -0.1) is 11.3 Å². The van der Waals surface area contributed by atoms with Gasteiger partial charge in [-0.05, 0) is 30.7 Å². The first-order chi connectivity index (χ1) is 8.95. The average molecular weight is 291 g/mol. The highest BCUT2D eigenvalue weighted by Gasteiger charge is 2.42. The van der Waals surface area contributed by atoms with Crippen LogP contribution in [0.3, 0.4) is 0 Å². The van der Waals surface area contributed by atoms with E-state index in [1.165, 1.54) is 11.3 Å². The predicted molar refractivity (Wildman–Crippen MR) is 68.0 cm³/mol. The summed E-state index contributed by atoms with van der Waals surface area (Å²) in [4.78, 5) is 12.7. The van der Waals surface area contributed by atoms with Crippen molar-refractivity contribution in [2.45, 2.75) is 44.3 Å². The maximum Gasteiger partial charge on any atom is 0.391 e. The van der Waals surface area contributed by atoms with Crippen molar-refractivity contribution in [3.63, 3.8) is 0 Å². The molecule has 2 nitrogen and oxygen atoms in total. The van der Waals surface area contributed by atoms with E-state index in [0.717, 1.165) is 4.88 Å². The summed E-state index contributed by atoms with van der Waals surface area (Å²) in [6, 6.07) is 3.37. The largest absolute Gasteiger partial charge is 0.391 e. The van der Waals surface area contributed by atoms with Crippen molar-refractivity contribution in [2.24, 2.45) is 5.92 Å². The second-order valence-corrected chi connectivity index (χ2v) is 5.96. The highest BCUT2D eigenvalue weighted by molar-refractivity contribution is 7.10. The van der Waals surface area contributed by atoms with E-state index in [2.05, 4.69) is 5.32 Å². The molecule has 106 valence electrons. The van der Waals surface area contributed by atoms with E-state index in [1.54, 1.807) is 0 Å². The van der Waals surface area contributed by atoms with Crippen molar-refractivity contribution < 1.29 is 18.0 Å². The second kappa shape index (κ2) is 5.94. The first-order valence-electron chi connectivity index (χ1n) is 6.33. The van der Waals surface area contributed by atoms with Crippen LogP contribution >= 0.6 is 11.3 Å². The van der Waals surface area contributed by atoms with E-state index in [9.17, 15) is 18.0 Å². The minimum Gasteiger partial charge on any atom is -0.353 e. The van der Waals surface area contributed by atoms with Crippen molar-refractivity contribution in [1.29, 1.82) is 0 Å². The van der Waals surface area contributed by atoms with Crippen LogP contribution in [0, 0.1) is 5.92 Å². The average Bonchev–Trinajstić information content (AvgIpc) is 2.80. The second-order valence-electron chi connectivity index (χ2n) is 4.93. The minimum absolute atomic E-state index is 0.0136. The highest BCUT2D eigenvalue weighted by Crippen LogP contribution is 2.37. The fraction of sp³-hybridized carbons (Fsp3) is 0.615. The molecule has 19 heavy (non-hydrogen) atoms. The summed E-state index contributed by atoms with van der Waals surface area (Å²) in [6.45, 7) is 0. The van der Waals surface area contributed by atoms with Crippen LogP contribution in [-0.2, 0) is 11.2 Å². The molecule has 2 rings (SSSR count). The minimum atomic E-state index is -4.14. The molecule has 0 radical (unpaired) electrons. The Balaban J connectivity index is 1.83. The number of carbonyl (C=O) groups is 1. The SMILES string of the molecule is O=C(Cc1cccs1)NC1CCCC(C(F)(F)F)C1. The van der Waals surface area contributed by atoms with Crippen LogP contribution in [0.4, 0.5) is 13.2 Å². The number of carbonyl (C=O) groups excluding carboxylic acids is 1. The Morgan fingerprint density at radius 3 is 2.84 bits per heavy atom. The third-order valence-corrected chi connectivity index (χ3v) is 4.29. The van der Waals surface area contributed by atoms with Crippen molar-refractivity contribution in [3.05, 3.63) is 22.4 Å². The molecule has 1 saturated carbocycles. The molecule has 0 saturated heterocycles. The van der Waals surface area contributed by atoms with Crippen LogP contribution in [0.1, 0.15) is 30.6 Å². The summed E-state index contributed by atoms with van der Waals surface area (Å²) in [5.74, 6) is -1.46. The molecular weight excluding hydrogens is 275 g/mol. The topological polar surface area (TPSA) is 29.1 Å². The van der Waals surface area contributed by atoms with Crippen molar-refractivity contribution in [3.8, 4) is 0 Å². The lowest BCUT2D eigenvalue weighted by Gasteiger charge is -2.31. The summed E-state index contributed by atoms with van der Waals surface area (Å²) in [5.41, 5.74) is 0. The quantitative estimate of drug-likeness (QED) is 0.907. The van der Waals surface area contributed by atoms with Crippen LogP contribution in [0.5, 0.6) is 0 Å². The Hall–Kier alpha value is -1.04. The molecule has 0 spiro atoms. The molecule has 1 N–H and O–H groups in total. The van der Waals surface area contributed by atoms with Gasteiger partial charge in [0, 0.05) is 10.9 Å². The fourth-order valence-electron chi connectivity index (χ4n) is 2.47. The number of nitrogens with one attached hydrogen (secondary N) is 1. The number of hydrogen-bond donors (Lipinski definition) is 1. The Bertz CT molecular complexity index is 416. The molecule has 2 unspecified atom stereocenters. The van der Waals surface area contributed by atoms with Crippen molar-refractivity contribution in [1.82, 2.24) is 5.32 Å². The molecule has 1 aliphatic carbocycles. The Kier molecular flexibility index (Phi) is 4.50. The first kappa shape index (κ1) is 14.4. The molecule has 6 heteroatoms. The van der Waals surface area contributed by atoms with E-state index in [-0.39, 0.29) is 31.2 Å². The zero-order valence-electron chi connectivity index (χ0n) is 10.4. The van der Waals surface area contributed by atoms with Crippen molar-refractivity contribution >= 4 is 17.2 Å². The third kappa shape index (κ3) is 4.23. The number of rotatable bonds is 3. The normalized spacial score (nSPS) is 24.2. The van der Waals surface area contributed by atoms with E-state index in [4.69, 9.17) is 0 Å². The summed E-state index contributed by atoms with van der Waals surface area (Å²) in [5, 5.41) is 4.60. The maximum absolute atomic E-state index is 12.6. The van der Waals surface area contributed by atoms with Gasteiger partial charge in [-0.25, -0.2) is 0 Å². The molecule has 2 atom stereocenters. The number of alkyl halides is 3. The summed E-state index contributed by atoms with van der Waals surface area (Å²) >= 11 is 1.48. The standard InChI is InChI=1S/C13H16F3NOS/c14-13(15,16)9-3-1-4-10(7-9)17-12(18)8-11-5-2-6-19-11/h2,5-6,9-10H,1,3-4,7-8H2,(H,17,18). The first-order valence-corrected chi connectivity index (χ1v) is 7.21. The molecule has 0 aliphatic heterocycles. The lowest BCUT2D eigenvalue weighted by atomic mass is 9.85. The zero-order chi connectivity index (χ0) is 13.9. The van der Waals surface area contributed by atoms with Gasteiger partial charge in [-0.1, -0.05) is 12.5 Å². The Labute approximate surface area is 114 Å². The van der Waals surface area contributed by atoms with E-state index in [0.29, 0.717) is 12.8 Å². The Morgan fingerprint density at radius 2 is 2.21 bits per heavy atom. The lowest BCUT2D eigenvalue weighted by molar-refractivity contribution is -0.184. The van der Waals surface area contributed by atoms with Gasteiger partial charge >= 0.3 is 6.18 Å². The summed E-state index contributed by atoms with van der Waals surface area (Å²) < 4.78 is 37.9. The van der Waals surface area contributed by atoms with Crippen LogP contribution in [-0.4, -0.2) is 18.1 Å². The third-order valence-electron chi connectivity index (χ3n) is 3.42. The maximum atomic E-state index is 12.6. The van der Waals surface area contributed by atoms with E-state index in [1.807, 2.05) is 17.5 Å². The lowest BCUT2D eigenvalue weighted by Crippen LogP contribution is -2.42. The summed E-state index contributed by atoms with van der Waals surface area (Å²) in [6.07, 6.45) is -2.53. The molecular formula is C13H16F3NOS. The van der Waals surface area contributed by atoms with E-state index >= 15 is 0 Å². The predicted octanol–water partition coefficient (Wildman–Crippen LogP) is 3.53. The fourth-order valence-corrected chi connectivity index (χ4v) is 3.17. The molecule has 1 aromatic rings. The van der Waals surface area contributed by atoms with Gasteiger partial charge < -0.3 is 5.32 Å². The molecule has 1 fully saturated rings. The summed E-state index contributed by atoms with van der Waals surface area (Å²) in [7, 11) is 0. The number of amides is 1. The monoisotopic (exact) mass is 291 g/mol. The number of halogens is 3. The number of thiophene rings is 1. The van der Waals surface area contributed by atoms with Gasteiger partial charge in [-0.2, -0.15) is 13.2 Å². The Morgan fingerprint density at radius 1 is 1.42 bits per heavy atom. The van der Waals surface area contributed by atoms with E-state index < -0.39 is 12.1 Å². The van der Waals surface area contributed by atoms with Crippen molar-refractivity contribution in [2.75, 3.05) is 0 Å². The van der Waals surface area contributed by atoms with Gasteiger partial charge in [0.15, 0.2) is 0 Å². The molecule has 1 aliphatic rings. The van der Waals surface area contributed by atoms with Crippen LogP contribution in [0.25, 0.3) is 0 Å². The number of hydrogen-bond acceptors (Lipinski definition) is 2. The molecule has 1 aromatic heterocycles. The zero-order valence-corrected chi connectivity index (χ0v) is 11.2. The smallest absolute Gasteiger partial charge is 0.353 e. The van der Waals surface area contributed by atoms with Crippen LogP contribution in [0.2, 0.25) is 0 Å². The highest BCUT2D eigenvalue weighted by atomic mass is 32.1. The van der Waals surface area contributed by atoms with Gasteiger partial charge in [0.2, 0.25) is 5.91 Å². The molecule has 0 aromatic carbocycles. The van der Waals surface area contributed by atoms with Gasteiger partial charge in [0.1, 0.15) is 0 Å². The van der Waals surface area contributed by atoms with Gasteiger partial charge in [-0.3, -0.25) is 4.79 Å².